The summed E-state index contributed by atoms with van der Waals surface area (Å²) in [6, 6.07) is 8.57. The lowest BCUT2D eigenvalue weighted by Gasteiger charge is -2.31. The third-order valence-electron chi connectivity index (χ3n) is 6.14. The summed E-state index contributed by atoms with van der Waals surface area (Å²) < 4.78 is 59.1. The second-order valence-electron chi connectivity index (χ2n) is 8.89. The lowest BCUT2D eigenvalue weighted by molar-refractivity contribution is 0.0971. The van der Waals surface area contributed by atoms with Gasteiger partial charge in [-0.3, -0.25) is 4.79 Å². The van der Waals surface area contributed by atoms with Gasteiger partial charge in [0.15, 0.2) is 0 Å². The smallest absolute Gasteiger partial charge is 0.282 e. The Bertz CT molecular complexity index is 1540. The molecule has 10 nitrogen and oxygen atoms in total. The van der Waals surface area contributed by atoms with E-state index in [4.69, 9.17) is 16.3 Å². The normalized spacial score (nSPS) is 17.3. The maximum absolute atomic E-state index is 13.5. The summed E-state index contributed by atoms with van der Waals surface area (Å²) in [6.07, 6.45) is 5.06. The second-order valence-corrected chi connectivity index (χ2v) is 13.1. The summed E-state index contributed by atoms with van der Waals surface area (Å²) in [4.78, 5) is 17.7. The molecule has 4 rings (SSSR count). The first-order valence-corrected chi connectivity index (χ1v) is 15.3. The number of ether oxygens (including phenoxy) is 1. The molecule has 1 aliphatic heterocycles. The van der Waals surface area contributed by atoms with E-state index in [1.54, 1.807) is 41.1 Å². The van der Waals surface area contributed by atoms with Gasteiger partial charge in [-0.25, -0.2) is 30.8 Å². The monoisotopic (exact) mass is 554 g/mol. The van der Waals surface area contributed by atoms with Crippen LogP contribution in [0.5, 0.6) is 5.88 Å². The molecule has 0 aliphatic carbocycles. The molecular weight excluding hydrogens is 528 g/mol. The van der Waals surface area contributed by atoms with E-state index < -0.39 is 26.0 Å². The van der Waals surface area contributed by atoms with Crippen molar-refractivity contribution in [3.63, 3.8) is 0 Å². The Balaban J connectivity index is 1.96. The molecule has 1 amide bonds. The van der Waals surface area contributed by atoms with Gasteiger partial charge in [0.1, 0.15) is 5.69 Å². The number of hydrogen-bond acceptors (Lipinski definition) is 7. The summed E-state index contributed by atoms with van der Waals surface area (Å²) in [5.74, 6) is -0.666. The van der Waals surface area contributed by atoms with E-state index in [9.17, 15) is 21.6 Å². The molecule has 36 heavy (non-hydrogen) atoms. The van der Waals surface area contributed by atoms with Gasteiger partial charge in [0, 0.05) is 52.9 Å². The van der Waals surface area contributed by atoms with Crippen molar-refractivity contribution >= 4 is 48.5 Å². The van der Waals surface area contributed by atoms with Crippen LogP contribution < -0.4 is 9.46 Å². The average Bonchev–Trinajstić information content (AvgIpc) is 3.10. The molecule has 3 heterocycles. The van der Waals surface area contributed by atoms with Crippen molar-refractivity contribution in [3.05, 3.63) is 47.2 Å². The maximum Gasteiger partial charge on any atom is 0.282 e. The third-order valence-corrected chi connectivity index (χ3v) is 8.20. The molecule has 0 radical (unpaired) electrons. The van der Waals surface area contributed by atoms with Gasteiger partial charge < -0.3 is 9.30 Å². The first kappa shape index (κ1) is 26.4. The number of pyridine rings is 1. The minimum atomic E-state index is -3.88. The first-order valence-electron chi connectivity index (χ1n) is 11.2. The van der Waals surface area contributed by atoms with Gasteiger partial charge in [-0.15, -0.1) is 0 Å². The van der Waals surface area contributed by atoms with E-state index in [0.29, 0.717) is 53.1 Å². The summed E-state index contributed by atoms with van der Waals surface area (Å²) in [7, 11) is -5.80. The first-order chi connectivity index (χ1) is 16.9. The molecule has 2 aromatic heterocycles. The van der Waals surface area contributed by atoms with Gasteiger partial charge in [0.2, 0.25) is 25.9 Å². The van der Waals surface area contributed by atoms with Crippen molar-refractivity contribution in [2.75, 3.05) is 32.7 Å². The molecule has 1 unspecified atom stereocenters. The van der Waals surface area contributed by atoms with Crippen molar-refractivity contribution in [2.24, 2.45) is 5.92 Å². The van der Waals surface area contributed by atoms with Crippen LogP contribution in [0.4, 0.5) is 0 Å². The number of aromatic nitrogens is 2. The molecule has 1 aliphatic rings. The van der Waals surface area contributed by atoms with Crippen LogP contribution in [0, 0.1) is 5.92 Å². The number of halogens is 1. The molecular formula is C23H27ClN4O6S2. The van der Waals surface area contributed by atoms with Crippen LogP contribution >= 0.6 is 11.6 Å². The van der Waals surface area contributed by atoms with Crippen LogP contribution in [0.25, 0.3) is 22.0 Å². The van der Waals surface area contributed by atoms with Crippen molar-refractivity contribution in [1.82, 2.24) is 18.6 Å². The molecule has 13 heteroatoms. The number of methoxy groups -OCH3 is 1. The molecule has 1 aromatic carbocycles. The summed E-state index contributed by atoms with van der Waals surface area (Å²) in [5, 5.41) is 1.04. The molecule has 1 N–H and O–H groups in total. The molecule has 194 valence electrons. The van der Waals surface area contributed by atoms with Gasteiger partial charge in [-0.1, -0.05) is 11.6 Å². The van der Waals surface area contributed by atoms with Crippen molar-refractivity contribution in [3.8, 4) is 17.0 Å². The van der Waals surface area contributed by atoms with Crippen LogP contribution in [0.3, 0.4) is 0 Å². The van der Waals surface area contributed by atoms with Crippen molar-refractivity contribution < 1.29 is 26.4 Å². The summed E-state index contributed by atoms with van der Waals surface area (Å²) in [5.41, 5.74) is 1.66. The van der Waals surface area contributed by atoms with Gasteiger partial charge in [0.25, 0.3) is 5.91 Å². The van der Waals surface area contributed by atoms with Crippen LogP contribution in [-0.4, -0.2) is 69.3 Å². The lowest BCUT2D eigenvalue weighted by atomic mass is 9.99. The third kappa shape index (κ3) is 5.51. The summed E-state index contributed by atoms with van der Waals surface area (Å²) >= 11 is 6.33. The predicted molar refractivity (Wildman–Crippen MR) is 138 cm³/mol. The molecule has 0 saturated carbocycles. The zero-order valence-electron chi connectivity index (χ0n) is 20.1. The highest BCUT2D eigenvalue weighted by atomic mass is 35.5. The number of nitrogens with one attached hydrogen (secondary N) is 1. The molecule has 3 aromatic rings. The molecule has 1 atom stereocenters. The van der Waals surface area contributed by atoms with E-state index in [0.717, 1.165) is 12.7 Å². The van der Waals surface area contributed by atoms with Crippen LogP contribution in [0.15, 0.2) is 36.5 Å². The highest BCUT2D eigenvalue weighted by molar-refractivity contribution is 7.89. The fraction of sp³-hybridized carbons (Fsp3) is 0.391. The number of sulfonamides is 2. The minimum Gasteiger partial charge on any atom is -0.481 e. The largest absolute Gasteiger partial charge is 0.481 e. The molecule has 1 fully saturated rings. The SMILES string of the molecule is COc1ncccc1-c1c(C(=O)NS(C)(=O)=O)n(CC2CCCN(S(C)(=O)=O)C2)c2ccc(Cl)cc12. The fourth-order valence-corrected chi connectivity index (χ4v) is 6.27. The Hall–Kier alpha value is -2.67. The van der Waals surface area contributed by atoms with Crippen molar-refractivity contribution in [1.29, 1.82) is 0 Å². The Morgan fingerprint density at radius 2 is 1.97 bits per heavy atom. The van der Waals surface area contributed by atoms with E-state index in [-0.39, 0.29) is 17.5 Å². The Morgan fingerprint density at radius 3 is 2.64 bits per heavy atom. The summed E-state index contributed by atoms with van der Waals surface area (Å²) in [6.45, 7) is 1.03. The number of hydrogen-bond donors (Lipinski definition) is 1. The topological polar surface area (TPSA) is 128 Å². The Morgan fingerprint density at radius 1 is 1.22 bits per heavy atom. The standard InChI is InChI=1S/C23H27ClN4O6S2/c1-34-23-17(7-4-10-25-23)20-18-12-16(24)8-9-19(18)28(21(20)22(29)26-35(2,30)31)14-15-6-5-11-27(13-15)36(3,32)33/h4,7-10,12,15H,5-6,11,13-14H2,1-3H3,(H,26,29). The molecule has 1 saturated heterocycles. The van der Waals surface area contributed by atoms with Crippen molar-refractivity contribution in [2.45, 2.75) is 19.4 Å². The number of amides is 1. The van der Waals surface area contributed by atoms with E-state index in [2.05, 4.69) is 9.71 Å². The van der Waals surface area contributed by atoms with Gasteiger partial charge in [0.05, 0.1) is 19.6 Å². The van der Waals surface area contributed by atoms with Crippen LogP contribution in [0.1, 0.15) is 23.3 Å². The second kappa shape index (κ2) is 10.0. The maximum atomic E-state index is 13.5. The van der Waals surface area contributed by atoms with E-state index in [1.807, 2.05) is 0 Å². The quantitative estimate of drug-likeness (QED) is 0.475. The Kier molecular flexibility index (Phi) is 7.33. The highest BCUT2D eigenvalue weighted by Gasteiger charge is 2.31. The molecule has 0 bridgehead atoms. The Labute approximate surface area is 215 Å². The van der Waals surface area contributed by atoms with Crippen LogP contribution in [0.2, 0.25) is 5.02 Å². The highest BCUT2D eigenvalue weighted by Crippen LogP contribution is 2.40. The van der Waals surface area contributed by atoms with E-state index in [1.165, 1.54) is 17.7 Å². The number of carbonyl (C=O) groups excluding carboxylic acids is 1. The number of fused-ring (bicyclic) bond motifs is 1. The molecule has 0 spiro atoms. The fourth-order valence-electron chi connectivity index (χ4n) is 4.72. The van der Waals surface area contributed by atoms with Gasteiger partial charge >= 0.3 is 0 Å². The van der Waals surface area contributed by atoms with Crippen LogP contribution in [-0.2, 0) is 26.6 Å². The number of rotatable bonds is 7. The zero-order chi connectivity index (χ0) is 26.3. The van der Waals surface area contributed by atoms with Gasteiger partial charge in [-0.2, -0.15) is 0 Å². The number of benzene rings is 1. The van der Waals surface area contributed by atoms with Gasteiger partial charge in [-0.05, 0) is 49.1 Å². The zero-order valence-corrected chi connectivity index (χ0v) is 22.5. The number of nitrogens with zero attached hydrogens (tertiary/aromatic N) is 3. The average molecular weight is 555 g/mol. The number of piperidine rings is 1. The lowest BCUT2D eigenvalue weighted by Crippen LogP contribution is -2.41. The van der Waals surface area contributed by atoms with E-state index >= 15 is 0 Å². The predicted octanol–water partition coefficient (Wildman–Crippen LogP) is 2.73. The minimum absolute atomic E-state index is 0.0977. The number of carbonyl (C=O) groups is 1.